The number of aromatic nitrogens is 4. The number of rotatable bonds is 34. The Balaban J connectivity index is 1.30. The van der Waals surface area contributed by atoms with Gasteiger partial charge in [-0.05, 0) is 38.5 Å². The topological polar surface area (TPSA) is 364 Å². The van der Waals surface area contributed by atoms with Gasteiger partial charge in [0.1, 0.15) is 36.3 Å². The third-order valence-electron chi connectivity index (χ3n) is 10.5. The maximum absolute atomic E-state index is 12.7. The number of imidazole rings is 1. The molecule has 10 N–H and O–H groups in total. The van der Waals surface area contributed by atoms with Gasteiger partial charge in [0.25, 0.3) is 0 Å². The molecule has 7 atom stereocenters. The van der Waals surface area contributed by atoms with E-state index in [2.05, 4.69) is 60.1 Å². The van der Waals surface area contributed by atoms with Crippen molar-refractivity contribution in [3.05, 3.63) is 37.0 Å². The number of amides is 2. The SMILES string of the molecule is C=C(CC=CCCCCC)CCCCCCCCC(=O)SCCNC(=O)CCNC(=O)[C@H](O)C(C)(C)COP(=O)(O)OP(=O)(O)OC[C@H]1O[C@@H](n2cnc3c(N)ncnc32)[C@H](O)[C@@H]1OP(=O)(O)O. The van der Waals surface area contributed by atoms with Crippen LogP contribution in [-0.4, -0.2) is 123 Å². The lowest BCUT2D eigenvalue weighted by Gasteiger charge is -2.30. The van der Waals surface area contributed by atoms with E-state index < -0.39 is 84.6 Å². The predicted octanol–water partition coefficient (Wildman–Crippen LogP) is 4.87. The average molecular weight is 1040 g/mol. The normalized spacial score (nSPS) is 20.0. The van der Waals surface area contributed by atoms with E-state index in [1.807, 2.05) is 0 Å². The van der Waals surface area contributed by atoms with Gasteiger partial charge >= 0.3 is 23.5 Å². The first-order valence-corrected chi connectivity index (χ1v) is 27.8. The van der Waals surface area contributed by atoms with Gasteiger partial charge in [0.15, 0.2) is 22.8 Å². The molecule has 1 saturated heterocycles. The summed E-state index contributed by atoms with van der Waals surface area (Å²) in [5.74, 6) is -1.05. The number of nitrogen functional groups attached to an aromatic ring is 1. The van der Waals surface area contributed by atoms with Crippen molar-refractivity contribution in [2.45, 2.75) is 141 Å². The maximum atomic E-state index is 12.7. The van der Waals surface area contributed by atoms with E-state index in [0.29, 0.717) is 12.2 Å². The summed E-state index contributed by atoms with van der Waals surface area (Å²) in [6.07, 6.45) is 11.2. The minimum Gasteiger partial charge on any atom is -0.386 e. The van der Waals surface area contributed by atoms with Crippen LogP contribution in [0.25, 0.3) is 11.2 Å². The number of nitrogens with one attached hydrogen (secondary N) is 2. The third-order valence-corrected chi connectivity index (χ3v) is 14.5. The number of phosphoric ester groups is 3. The summed E-state index contributed by atoms with van der Waals surface area (Å²) < 4.78 is 62.4. The lowest BCUT2D eigenvalue weighted by molar-refractivity contribution is -0.137. The van der Waals surface area contributed by atoms with Gasteiger partial charge in [-0.2, -0.15) is 4.31 Å². The number of carbonyl (C=O) groups excluding carboxylic acids is 3. The highest BCUT2D eigenvalue weighted by atomic mass is 32.2. The summed E-state index contributed by atoms with van der Waals surface area (Å²) >= 11 is 1.14. The third kappa shape index (κ3) is 21.6. The highest BCUT2D eigenvalue weighted by Crippen LogP contribution is 2.61. The van der Waals surface area contributed by atoms with E-state index in [9.17, 15) is 57.9 Å². The number of nitrogens with two attached hydrogens (primary N) is 1. The largest absolute Gasteiger partial charge is 0.481 e. The molecule has 0 aliphatic carbocycles. The molecule has 1 fully saturated rings. The molecule has 1 aliphatic rings. The molecule has 68 heavy (non-hydrogen) atoms. The Bertz CT molecular complexity index is 2130. The number of allylic oxidation sites excluding steroid dienone is 3. The average Bonchev–Trinajstić information content (AvgIpc) is 3.82. The summed E-state index contributed by atoms with van der Waals surface area (Å²) in [6, 6.07) is 0. The number of aliphatic hydroxyl groups excluding tert-OH is 2. The molecule has 0 saturated carbocycles. The van der Waals surface area contributed by atoms with Gasteiger partial charge in [-0.3, -0.25) is 32.5 Å². The van der Waals surface area contributed by atoms with E-state index in [1.54, 1.807) is 0 Å². The smallest absolute Gasteiger partial charge is 0.386 e. The first-order chi connectivity index (χ1) is 31.9. The first kappa shape index (κ1) is 59.3. The number of thioether (sulfide) groups is 1. The van der Waals surface area contributed by atoms with Crippen molar-refractivity contribution in [3.63, 3.8) is 0 Å². The van der Waals surface area contributed by atoms with E-state index >= 15 is 0 Å². The molecular formula is C40H68N7O17P3S. The van der Waals surface area contributed by atoms with Gasteiger partial charge in [-0.25, -0.2) is 28.6 Å². The van der Waals surface area contributed by atoms with E-state index in [4.69, 9.17) is 19.5 Å². The van der Waals surface area contributed by atoms with Gasteiger partial charge in [0.05, 0.1) is 19.5 Å². The zero-order chi connectivity index (χ0) is 50.5. The second-order valence-electron chi connectivity index (χ2n) is 16.8. The Hall–Kier alpha value is -2.96. The second-order valence-corrected chi connectivity index (χ2v) is 22.2. The molecule has 0 bridgehead atoms. The van der Waals surface area contributed by atoms with E-state index in [-0.39, 0.29) is 41.6 Å². The Morgan fingerprint density at radius 1 is 0.941 bits per heavy atom. The summed E-state index contributed by atoms with van der Waals surface area (Å²) in [6.45, 7) is 6.93. The second kappa shape index (κ2) is 28.8. The monoisotopic (exact) mass is 1040 g/mol. The molecule has 24 nitrogen and oxygen atoms in total. The van der Waals surface area contributed by atoms with Gasteiger partial charge in [-0.15, -0.1) is 0 Å². The number of nitrogens with zero attached hydrogens (tertiary/aromatic N) is 4. The fourth-order valence-electron chi connectivity index (χ4n) is 6.70. The van der Waals surface area contributed by atoms with Crippen molar-refractivity contribution in [2.24, 2.45) is 5.41 Å². The molecule has 0 radical (unpaired) electrons. The van der Waals surface area contributed by atoms with Crippen molar-refractivity contribution in [1.29, 1.82) is 0 Å². The number of unbranched alkanes of at least 4 members (excludes halogenated alkanes) is 8. The molecule has 0 spiro atoms. The molecule has 28 heteroatoms. The van der Waals surface area contributed by atoms with Crippen LogP contribution in [0.4, 0.5) is 5.82 Å². The number of anilines is 1. The zero-order valence-corrected chi connectivity index (χ0v) is 42.1. The molecule has 2 unspecified atom stereocenters. The van der Waals surface area contributed by atoms with Gasteiger partial charge < -0.3 is 50.9 Å². The maximum Gasteiger partial charge on any atom is 0.481 e. The summed E-state index contributed by atoms with van der Waals surface area (Å²) in [4.78, 5) is 88.4. The number of carbonyl (C=O) groups is 3. The zero-order valence-electron chi connectivity index (χ0n) is 38.6. The number of ether oxygens (including phenoxy) is 1. The first-order valence-electron chi connectivity index (χ1n) is 22.3. The van der Waals surface area contributed by atoms with E-state index in [0.717, 1.165) is 86.8 Å². The number of aliphatic hydroxyl groups is 2. The molecule has 2 aromatic heterocycles. The highest BCUT2D eigenvalue weighted by molar-refractivity contribution is 8.13. The molecular weight excluding hydrogens is 975 g/mol. The predicted molar refractivity (Wildman–Crippen MR) is 251 cm³/mol. The van der Waals surface area contributed by atoms with Crippen molar-refractivity contribution >= 4 is 69.1 Å². The van der Waals surface area contributed by atoms with Crippen LogP contribution in [0, 0.1) is 5.41 Å². The molecule has 1 aliphatic heterocycles. The molecule has 386 valence electrons. The van der Waals surface area contributed by atoms with Crippen LogP contribution in [0.3, 0.4) is 0 Å². The lowest BCUT2D eigenvalue weighted by Crippen LogP contribution is -2.46. The fraction of sp³-hybridized carbons (Fsp3) is 0.700. The van der Waals surface area contributed by atoms with Crippen LogP contribution in [0.1, 0.15) is 117 Å². The van der Waals surface area contributed by atoms with Crippen LogP contribution >= 0.6 is 35.2 Å². The Morgan fingerprint density at radius 2 is 1.62 bits per heavy atom. The molecule has 2 aromatic rings. The number of hydrogen-bond acceptors (Lipinski definition) is 18. The number of phosphoric acid groups is 3. The van der Waals surface area contributed by atoms with Crippen molar-refractivity contribution in [1.82, 2.24) is 30.2 Å². The molecule has 3 rings (SSSR count). The highest BCUT2D eigenvalue weighted by Gasteiger charge is 2.50. The van der Waals surface area contributed by atoms with Crippen molar-refractivity contribution in [2.75, 3.05) is 37.8 Å². The molecule has 0 aromatic carbocycles. The van der Waals surface area contributed by atoms with Crippen LogP contribution in [-0.2, 0) is 50.7 Å². The quantitative estimate of drug-likeness (QED) is 0.0256. The van der Waals surface area contributed by atoms with Crippen LogP contribution in [0.5, 0.6) is 0 Å². The van der Waals surface area contributed by atoms with Crippen molar-refractivity contribution in [3.8, 4) is 0 Å². The summed E-state index contributed by atoms with van der Waals surface area (Å²) in [7, 11) is -16.4. The Labute approximate surface area is 400 Å². The lowest BCUT2D eigenvalue weighted by atomic mass is 9.87. The van der Waals surface area contributed by atoms with Gasteiger partial charge in [0, 0.05) is 37.1 Å². The minimum atomic E-state index is -5.58. The number of fused-ring (bicyclic) bond motifs is 1. The molecule has 2 amide bonds. The standard InChI is InChI=1S/C40H68N7O17P3S/c1-5-6-7-8-11-14-17-28(2)18-15-12-9-10-13-16-19-31(49)68-23-22-42-30(48)20-21-43-38(52)35(51)40(3,4)25-61-67(58,59)64-66(56,57)60-24-29-34(63-65(53,54)55)33(50)39(62-29)47-27-46-32-36(41)44-26-45-37(32)47/h11,14,26-27,29,33-35,39,50-51H,2,5-10,12-13,15-25H2,1,3-4H3,(H,42,48)(H,43,52)(H,56,57)(H,58,59)(H2,41,44,45)(H2,53,54,55)/t29-,33-,34-,35+,39-/m1/s1. The van der Waals surface area contributed by atoms with Gasteiger partial charge in [-0.1, -0.05) is 95.4 Å². The van der Waals surface area contributed by atoms with Crippen molar-refractivity contribution < 1.29 is 80.5 Å². The Morgan fingerprint density at radius 3 is 2.31 bits per heavy atom. The Kier molecular flexibility index (Phi) is 25.1. The number of hydrogen-bond donors (Lipinski definition) is 9. The molecule has 3 heterocycles. The summed E-state index contributed by atoms with van der Waals surface area (Å²) in [5.41, 5.74) is 5.55. The van der Waals surface area contributed by atoms with Crippen LogP contribution in [0.2, 0.25) is 0 Å². The van der Waals surface area contributed by atoms with Gasteiger partial charge in [0.2, 0.25) is 11.8 Å². The van der Waals surface area contributed by atoms with Crippen LogP contribution in [0.15, 0.2) is 37.0 Å². The minimum absolute atomic E-state index is 0.0319. The van der Waals surface area contributed by atoms with E-state index in [1.165, 1.54) is 38.7 Å². The van der Waals surface area contributed by atoms with Crippen LogP contribution < -0.4 is 16.4 Å². The fourth-order valence-corrected chi connectivity index (χ4v) is 10.3. The summed E-state index contributed by atoms with van der Waals surface area (Å²) in [5, 5.41) is 26.6.